The van der Waals surface area contributed by atoms with Crippen LogP contribution in [0.1, 0.15) is 22.3 Å². The SMILES string of the molecule is O=C(NCCCc1ccccc1)c1cc(O)ccc1-c1ccc(-c2ccccc2)cc1. The fourth-order valence-electron chi connectivity index (χ4n) is 3.68. The van der Waals surface area contributed by atoms with Crippen LogP contribution in [-0.4, -0.2) is 17.6 Å². The third-order valence-electron chi connectivity index (χ3n) is 5.32. The fraction of sp³-hybridized carbons (Fsp3) is 0.107. The first-order chi connectivity index (χ1) is 15.2. The maximum absolute atomic E-state index is 12.9. The summed E-state index contributed by atoms with van der Waals surface area (Å²) >= 11 is 0. The molecule has 1 amide bonds. The predicted molar refractivity (Wildman–Crippen MR) is 126 cm³/mol. The first-order valence-electron chi connectivity index (χ1n) is 10.5. The molecule has 154 valence electrons. The zero-order chi connectivity index (χ0) is 21.5. The van der Waals surface area contributed by atoms with Gasteiger partial charge in [0, 0.05) is 6.54 Å². The van der Waals surface area contributed by atoms with Gasteiger partial charge in [-0.15, -0.1) is 0 Å². The summed E-state index contributed by atoms with van der Waals surface area (Å²) in [6.45, 7) is 0.579. The molecule has 0 aromatic heterocycles. The van der Waals surface area contributed by atoms with Gasteiger partial charge in [-0.3, -0.25) is 4.79 Å². The van der Waals surface area contributed by atoms with Gasteiger partial charge in [0.15, 0.2) is 0 Å². The molecule has 0 unspecified atom stereocenters. The summed E-state index contributed by atoms with van der Waals surface area (Å²) in [6.07, 6.45) is 1.77. The number of aryl methyl sites for hydroxylation is 1. The molecule has 0 spiro atoms. The number of carbonyl (C=O) groups excluding carboxylic acids is 1. The van der Waals surface area contributed by atoms with Crippen molar-refractivity contribution in [1.82, 2.24) is 5.32 Å². The van der Waals surface area contributed by atoms with Crippen LogP contribution in [0, 0.1) is 0 Å². The average molecular weight is 408 g/mol. The Balaban J connectivity index is 1.47. The summed E-state index contributed by atoms with van der Waals surface area (Å²) in [6, 6.07) is 33.5. The van der Waals surface area contributed by atoms with Crippen LogP contribution in [-0.2, 0) is 6.42 Å². The average Bonchev–Trinajstić information content (AvgIpc) is 2.83. The Morgan fingerprint density at radius 1 is 0.710 bits per heavy atom. The largest absolute Gasteiger partial charge is 0.508 e. The maximum Gasteiger partial charge on any atom is 0.252 e. The number of phenolic OH excluding ortho intramolecular Hbond substituents is 1. The van der Waals surface area contributed by atoms with Gasteiger partial charge in [0.2, 0.25) is 0 Å². The van der Waals surface area contributed by atoms with Gasteiger partial charge in [0.25, 0.3) is 5.91 Å². The highest BCUT2D eigenvalue weighted by molar-refractivity contribution is 6.01. The lowest BCUT2D eigenvalue weighted by molar-refractivity contribution is 0.0953. The summed E-state index contributed by atoms with van der Waals surface area (Å²) in [7, 11) is 0. The van der Waals surface area contributed by atoms with Crippen LogP contribution in [0.2, 0.25) is 0 Å². The number of hydrogen-bond donors (Lipinski definition) is 2. The molecule has 0 atom stereocenters. The maximum atomic E-state index is 12.9. The van der Waals surface area contributed by atoms with Gasteiger partial charge in [0.1, 0.15) is 5.75 Å². The molecule has 0 saturated heterocycles. The number of nitrogens with one attached hydrogen (secondary N) is 1. The molecule has 3 heteroatoms. The Bertz CT molecular complexity index is 1140. The third-order valence-corrected chi connectivity index (χ3v) is 5.32. The van der Waals surface area contributed by atoms with Crippen molar-refractivity contribution in [1.29, 1.82) is 0 Å². The number of carbonyl (C=O) groups is 1. The summed E-state index contributed by atoms with van der Waals surface area (Å²) in [5, 5.41) is 13.0. The topological polar surface area (TPSA) is 49.3 Å². The molecule has 4 rings (SSSR count). The summed E-state index contributed by atoms with van der Waals surface area (Å²) in [4.78, 5) is 12.9. The molecule has 0 aliphatic heterocycles. The van der Waals surface area contributed by atoms with Crippen molar-refractivity contribution >= 4 is 5.91 Å². The normalized spacial score (nSPS) is 10.6. The Hall–Kier alpha value is -3.85. The van der Waals surface area contributed by atoms with Crippen molar-refractivity contribution in [2.24, 2.45) is 0 Å². The van der Waals surface area contributed by atoms with E-state index in [-0.39, 0.29) is 11.7 Å². The van der Waals surface area contributed by atoms with E-state index in [0.717, 1.165) is 35.1 Å². The van der Waals surface area contributed by atoms with E-state index in [9.17, 15) is 9.90 Å². The molecule has 3 nitrogen and oxygen atoms in total. The van der Waals surface area contributed by atoms with E-state index in [1.807, 2.05) is 48.5 Å². The summed E-state index contributed by atoms with van der Waals surface area (Å²) in [5.74, 6) is -0.0924. The van der Waals surface area contributed by atoms with E-state index in [2.05, 4.69) is 41.7 Å². The Morgan fingerprint density at radius 2 is 1.32 bits per heavy atom. The lowest BCUT2D eigenvalue weighted by Crippen LogP contribution is -2.25. The van der Waals surface area contributed by atoms with Crippen molar-refractivity contribution in [3.63, 3.8) is 0 Å². The predicted octanol–water partition coefficient (Wildman–Crippen LogP) is 6.09. The lowest BCUT2D eigenvalue weighted by atomic mass is 9.96. The number of rotatable bonds is 7. The molecule has 0 heterocycles. The molecule has 2 N–H and O–H groups in total. The smallest absolute Gasteiger partial charge is 0.252 e. The van der Waals surface area contributed by atoms with E-state index in [1.54, 1.807) is 12.1 Å². The van der Waals surface area contributed by atoms with Gasteiger partial charge in [-0.2, -0.15) is 0 Å². The molecule has 0 bridgehead atoms. The molecular formula is C28H25NO2. The number of aromatic hydroxyl groups is 1. The van der Waals surface area contributed by atoms with Crippen LogP contribution in [0.4, 0.5) is 0 Å². The van der Waals surface area contributed by atoms with Gasteiger partial charge in [-0.25, -0.2) is 0 Å². The summed E-state index contributed by atoms with van der Waals surface area (Å²) < 4.78 is 0. The Labute approximate surface area is 183 Å². The van der Waals surface area contributed by atoms with Gasteiger partial charge in [0.05, 0.1) is 5.56 Å². The van der Waals surface area contributed by atoms with Gasteiger partial charge >= 0.3 is 0 Å². The molecule has 0 saturated carbocycles. The van der Waals surface area contributed by atoms with Gasteiger partial charge in [-0.1, -0.05) is 84.9 Å². The first-order valence-corrected chi connectivity index (χ1v) is 10.5. The highest BCUT2D eigenvalue weighted by Gasteiger charge is 2.14. The van der Waals surface area contributed by atoms with Crippen molar-refractivity contribution in [2.45, 2.75) is 12.8 Å². The van der Waals surface area contributed by atoms with Crippen molar-refractivity contribution in [2.75, 3.05) is 6.54 Å². The minimum Gasteiger partial charge on any atom is -0.508 e. The molecule has 0 radical (unpaired) electrons. The van der Waals surface area contributed by atoms with Crippen molar-refractivity contribution in [3.8, 4) is 28.0 Å². The molecule has 4 aromatic rings. The van der Waals surface area contributed by atoms with Crippen LogP contribution in [0.5, 0.6) is 5.75 Å². The quantitative estimate of drug-likeness (QED) is 0.364. The molecule has 0 aliphatic rings. The lowest BCUT2D eigenvalue weighted by Gasteiger charge is -2.12. The van der Waals surface area contributed by atoms with Crippen molar-refractivity contribution in [3.05, 3.63) is 114 Å². The van der Waals surface area contributed by atoms with Crippen LogP contribution in [0.15, 0.2) is 103 Å². The Morgan fingerprint density at radius 3 is 2.03 bits per heavy atom. The van der Waals surface area contributed by atoms with Crippen LogP contribution < -0.4 is 5.32 Å². The van der Waals surface area contributed by atoms with Crippen LogP contribution in [0.3, 0.4) is 0 Å². The number of hydrogen-bond acceptors (Lipinski definition) is 2. The Kier molecular flexibility index (Phi) is 6.44. The van der Waals surface area contributed by atoms with E-state index in [4.69, 9.17) is 0 Å². The molecule has 0 fully saturated rings. The molecular weight excluding hydrogens is 382 g/mol. The number of amides is 1. The van der Waals surface area contributed by atoms with Crippen molar-refractivity contribution < 1.29 is 9.90 Å². The number of phenols is 1. The second kappa shape index (κ2) is 9.77. The monoisotopic (exact) mass is 407 g/mol. The van der Waals surface area contributed by atoms with E-state index in [1.165, 1.54) is 11.6 Å². The molecule has 0 aliphatic carbocycles. The van der Waals surface area contributed by atoms with Gasteiger partial charge < -0.3 is 10.4 Å². The summed E-state index contributed by atoms with van der Waals surface area (Å²) in [5.41, 5.74) is 5.75. The highest BCUT2D eigenvalue weighted by Crippen LogP contribution is 2.29. The van der Waals surface area contributed by atoms with Gasteiger partial charge in [-0.05, 0) is 58.9 Å². The first kappa shape index (κ1) is 20.4. The highest BCUT2D eigenvalue weighted by atomic mass is 16.3. The zero-order valence-corrected chi connectivity index (χ0v) is 17.3. The third kappa shape index (κ3) is 5.20. The van der Waals surface area contributed by atoms with E-state index >= 15 is 0 Å². The molecule has 4 aromatic carbocycles. The van der Waals surface area contributed by atoms with Crippen LogP contribution in [0.25, 0.3) is 22.3 Å². The number of benzene rings is 4. The van der Waals surface area contributed by atoms with E-state index < -0.39 is 0 Å². The standard InChI is InChI=1S/C28H25NO2/c30-25-17-18-26(24-15-13-23(14-16-24)22-11-5-2-6-12-22)27(20-25)28(31)29-19-7-10-21-8-3-1-4-9-21/h1-6,8-9,11-18,20,30H,7,10,19H2,(H,29,31). The van der Waals surface area contributed by atoms with E-state index in [0.29, 0.717) is 12.1 Å². The fourth-order valence-corrected chi connectivity index (χ4v) is 3.68. The second-order valence-electron chi connectivity index (χ2n) is 7.52. The second-order valence-corrected chi connectivity index (χ2v) is 7.52. The molecule has 31 heavy (non-hydrogen) atoms. The minimum atomic E-state index is -0.175. The minimum absolute atomic E-state index is 0.0825. The zero-order valence-electron chi connectivity index (χ0n) is 17.3. The van der Waals surface area contributed by atoms with Crippen LogP contribution >= 0.6 is 0 Å².